The molecule has 0 spiro atoms. The van der Waals surface area contributed by atoms with Crippen LogP contribution < -0.4 is 9.47 Å². The van der Waals surface area contributed by atoms with Crippen LogP contribution in [-0.2, 0) is 21.0 Å². The molecule has 2 rings (SSSR count). The summed E-state index contributed by atoms with van der Waals surface area (Å²) in [5, 5.41) is 20.3. The zero-order valence-corrected chi connectivity index (χ0v) is 18.2. The van der Waals surface area contributed by atoms with Crippen LogP contribution in [0.5, 0.6) is 23.0 Å². The zero-order chi connectivity index (χ0) is 21.6. The second kappa shape index (κ2) is 13.5. The molecule has 0 bridgehead atoms. The summed E-state index contributed by atoms with van der Waals surface area (Å²) < 4.78 is 18.9. The number of para-hydroxylation sites is 2. The first-order valence-electron chi connectivity index (χ1n) is 9.17. The quantitative estimate of drug-likeness (QED) is 0.583. The predicted molar refractivity (Wildman–Crippen MR) is 109 cm³/mol. The maximum absolute atomic E-state index is 10.2. The first-order valence-corrected chi connectivity index (χ1v) is 9.74. The van der Waals surface area contributed by atoms with Crippen molar-refractivity contribution in [3.05, 3.63) is 47.5 Å². The molecule has 7 nitrogen and oxygen atoms in total. The fourth-order valence-corrected chi connectivity index (χ4v) is 2.39. The summed E-state index contributed by atoms with van der Waals surface area (Å²) in [6.07, 6.45) is 3.22. The van der Waals surface area contributed by atoms with Crippen LogP contribution in [0.15, 0.2) is 46.4 Å². The second-order valence-corrected chi connectivity index (χ2v) is 5.88. The van der Waals surface area contributed by atoms with Crippen LogP contribution >= 0.6 is 0 Å². The van der Waals surface area contributed by atoms with Gasteiger partial charge in [-0.2, -0.15) is 0 Å². The number of ether oxygens (including phenoxy) is 2. The number of benzene rings is 2. The van der Waals surface area contributed by atoms with Crippen LogP contribution in [0.3, 0.4) is 0 Å². The van der Waals surface area contributed by atoms with Gasteiger partial charge in [-0.25, -0.2) is 0 Å². The first-order chi connectivity index (χ1) is 14.1. The van der Waals surface area contributed by atoms with E-state index in [2.05, 4.69) is 9.98 Å². The third kappa shape index (κ3) is 7.71. The summed E-state index contributed by atoms with van der Waals surface area (Å²) in [6, 6.07) is 10.5. The standard InChI is InChI=1S/C21H26N2O4.O.V/c1-4-26-18-10-6-8-16(20(18)24)13-22-12-15(3)23-14-17-9-7-11-19(21(17)25)27-5-2;;/h6-11,13-15,24-25H,4-5,12H2,1-3H3;;. The summed E-state index contributed by atoms with van der Waals surface area (Å²) in [4.78, 5) is 8.76. The molecule has 0 aromatic heterocycles. The molecule has 29 heavy (non-hydrogen) atoms. The summed E-state index contributed by atoms with van der Waals surface area (Å²) in [5.41, 5.74) is 1.19. The Morgan fingerprint density at radius 3 is 1.90 bits per heavy atom. The minimum absolute atomic E-state index is 0.0801. The normalized spacial score (nSPS) is 11.8. The van der Waals surface area contributed by atoms with Crippen LogP contribution in [0.2, 0.25) is 0 Å². The Morgan fingerprint density at radius 2 is 1.41 bits per heavy atom. The fourth-order valence-electron chi connectivity index (χ4n) is 2.39. The van der Waals surface area contributed by atoms with Gasteiger partial charge in [-0.15, -0.1) is 0 Å². The van der Waals surface area contributed by atoms with E-state index in [1.807, 2.05) is 32.9 Å². The second-order valence-electron chi connectivity index (χ2n) is 5.88. The van der Waals surface area contributed by atoms with Crippen LogP contribution in [0.4, 0.5) is 0 Å². The van der Waals surface area contributed by atoms with Crippen LogP contribution in [0, 0.1) is 0 Å². The average Bonchev–Trinajstić information content (AvgIpc) is 2.73. The van der Waals surface area contributed by atoms with Crippen molar-refractivity contribution in [1.29, 1.82) is 0 Å². The van der Waals surface area contributed by atoms with Gasteiger partial charge in [0.1, 0.15) is 0 Å². The number of hydrogen-bond acceptors (Lipinski definition) is 7. The van der Waals surface area contributed by atoms with Gasteiger partial charge in [0, 0.05) is 23.6 Å². The number of nitrogens with zero attached hydrogens (tertiary/aromatic N) is 2. The maximum atomic E-state index is 10.2. The van der Waals surface area contributed by atoms with Crippen molar-refractivity contribution < 1.29 is 40.7 Å². The molecule has 2 N–H and O–H groups in total. The molecular formula is C21H26N2O5V. The molecule has 0 radical (unpaired) electrons. The van der Waals surface area contributed by atoms with Crippen molar-refractivity contribution in [1.82, 2.24) is 0 Å². The van der Waals surface area contributed by atoms with Gasteiger partial charge in [0.05, 0.1) is 25.8 Å². The molecule has 1 unspecified atom stereocenters. The van der Waals surface area contributed by atoms with E-state index in [1.165, 1.54) is 0 Å². The Morgan fingerprint density at radius 1 is 0.931 bits per heavy atom. The molecule has 0 amide bonds. The Balaban J connectivity index is 0.00000204. The van der Waals surface area contributed by atoms with E-state index in [9.17, 15) is 10.2 Å². The third-order valence-corrected chi connectivity index (χ3v) is 3.73. The number of phenolic OH excluding ortho intramolecular Hbond substituents is 2. The van der Waals surface area contributed by atoms with Crippen molar-refractivity contribution in [2.75, 3.05) is 19.8 Å². The van der Waals surface area contributed by atoms with Gasteiger partial charge in [-0.05, 0) is 45.0 Å². The molecule has 0 saturated heterocycles. The van der Waals surface area contributed by atoms with Gasteiger partial charge in [-0.3, -0.25) is 9.98 Å². The summed E-state index contributed by atoms with van der Waals surface area (Å²) >= 11 is 1.06. The Labute approximate surface area is 180 Å². The number of aliphatic imine (C=N–C) groups is 2. The molecule has 2 aromatic rings. The Kier molecular flexibility index (Phi) is 11.4. The van der Waals surface area contributed by atoms with Gasteiger partial charge in [0.25, 0.3) is 0 Å². The van der Waals surface area contributed by atoms with Gasteiger partial charge >= 0.3 is 21.0 Å². The molecule has 0 saturated carbocycles. The van der Waals surface area contributed by atoms with Crippen LogP contribution in [0.25, 0.3) is 0 Å². The number of rotatable bonds is 9. The third-order valence-electron chi connectivity index (χ3n) is 3.73. The zero-order valence-electron chi connectivity index (χ0n) is 16.8. The molecule has 0 aliphatic carbocycles. The summed E-state index contributed by atoms with van der Waals surface area (Å²) in [5.74, 6) is 1.04. The minimum atomic E-state index is -0.0892. The van der Waals surface area contributed by atoms with E-state index in [0.717, 1.165) is 17.4 Å². The molecule has 0 aliphatic heterocycles. The van der Waals surface area contributed by atoms with Crippen molar-refractivity contribution in [2.45, 2.75) is 26.8 Å². The average molecular weight is 437 g/mol. The van der Waals surface area contributed by atoms with Crippen molar-refractivity contribution >= 4 is 12.4 Å². The topological polar surface area (TPSA) is 101 Å². The summed E-state index contributed by atoms with van der Waals surface area (Å²) in [6.45, 7) is 7.06. The molecule has 1 atom stereocenters. The molecule has 8 heteroatoms. The van der Waals surface area contributed by atoms with E-state index in [-0.39, 0.29) is 17.5 Å². The number of hydrogen-bond donors (Lipinski definition) is 2. The fraction of sp³-hybridized carbons (Fsp3) is 0.333. The van der Waals surface area contributed by atoms with Crippen LogP contribution in [-0.4, -0.2) is 48.4 Å². The summed E-state index contributed by atoms with van der Waals surface area (Å²) in [7, 11) is 0. The SMILES string of the molecule is CCOc1cccc(C=NCC(C)N=Cc2cccc(OCC)c2O)c1O.[O]=[V]. The monoisotopic (exact) mass is 437 g/mol. The van der Waals surface area contributed by atoms with Crippen molar-refractivity contribution in [2.24, 2.45) is 9.98 Å². The molecule has 0 aliphatic rings. The number of aromatic hydroxyl groups is 2. The van der Waals surface area contributed by atoms with Gasteiger partial charge in [0.2, 0.25) is 0 Å². The van der Waals surface area contributed by atoms with Crippen molar-refractivity contribution in [3.63, 3.8) is 0 Å². The van der Waals surface area contributed by atoms with Gasteiger partial charge in [0.15, 0.2) is 23.0 Å². The van der Waals surface area contributed by atoms with E-state index < -0.39 is 0 Å². The Bertz CT molecular complexity index is 827. The van der Waals surface area contributed by atoms with Crippen LogP contribution in [0.1, 0.15) is 31.9 Å². The Hall–Kier alpha value is -2.64. The van der Waals surface area contributed by atoms with E-state index in [1.54, 1.807) is 36.7 Å². The van der Waals surface area contributed by atoms with Crippen molar-refractivity contribution in [3.8, 4) is 23.0 Å². The predicted octanol–water partition coefficient (Wildman–Crippen LogP) is 3.70. The van der Waals surface area contributed by atoms with Gasteiger partial charge in [-0.1, -0.05) is 12.1 Å². The van der Waals surface area contributed by atoms with E-state index in [4.69, 9.17) is 13.1 Å². The molecule has 0 fully saturated rings. The van der Waals surface area contributed by atoms with Gasteiger partial charge < -0.3 is 19.7 Å². The molecule has 2 aromatic carbocycles. The van der Waals surface area contributed by atoms with E-state index >= 15 is 0 Å². The first kappa shape index (κ1) is 24.4. The molecular weight excluding hydrogens is 411 g/mol. The molecule has 0 heterocycles. The number of phenols is 2. The van der Waals surface area contributed by atoms with E-state index in [0.29, 0.717) is 42.4 Å². The molecule has 155 valence electrons.